The number of rotatable bonds is 7. The molecule has 0 aromatic heterocycles. The molecule has 126 valence electrons. The fourth-order valence-electron chi connectivity index (χ4n) is 3.63. The van der Waals surface area contributed by atoms with Crippen LogP contribution in [0.3, 0.4) is 0 Å². The molecule has 0 saturated heterocycles. The largest absolute Gasteiger partial charge is 0.329 e. The molecule has 0 radical (unpaired) electrons. The minimum atomic E-state index is 0.597. The number of nitrogens with two attached hydrogens (primary N) is 1. The van der Waals surface area contributed by atoms with Gasteiger partial charge in [-0.05, 0) is 33.0 Å². The average Bonchev–Trinajstić information content (AvgIpc) is 2.66. The lowest BCUT2D eigenvalue weighted by molar-refractivity contribution is -0.107. The summed E-state index contributed by atoms with van der Waals surface area (Å²) in [6, 6.07) is 19.1. The number of benzene rings is 4. The van der Waals surface area contributed by atoms with Crippen molar-refractivity contribution < 1.29 is 4.79 Å². The lowest BCUT2D eigenvalue weighted by Crippen LogP contribution is -2.33. The van der Waals surface area contributed by atoms with Gasteiger partial charge < -0.3 is 16.0 Å². The van der Waals surface area contributed by atoms with Gasteiger partial charge in [0.05, 0.1) is 5.69 Å². The van der Waals surface area contributed by atoms with Crippen LogP contribution in [0.4, 0.5) is 5.69 Å². The van der Waals surface area contributed by atoms with E-state index in [9.17, 15) is 4.79 Å². The SMILES string of the molecule is NCCNCCN(C=O)c1ccc2ccc3cccc4ccc1c2c34. The van der Waals surface area contributed by atoms with Crippen molar-refractivity contribution in [2.24, 2.45) is 5.73 Å². The Bertz CT molecular complexity index is 1010. The Morgan fingerprint density at radius 2 is 1.56 bits per heavy atom. The summed E-state index contributed by atoms with van der Waals surface area (Å²) in [6.07, 6.45) is 0.913. The number of nitrogens with zero attached hydrogens (tertiary/aromatic N) is 1. The highest BCUT2D eigenvalue weighted by Gasteiger charge is 2.14. The van der Waals surface area contributed by atoms with Gasteiger partial charge in [0.1, 0.15) is 0 Å². The van der Waals surface area contributed by atoms with Crippen molar-refractivity contribution in [3.8, 4) is 0 Å². The van der Waals surface area contributed by atoms with Crippen molar-refractivity contribution in [2.75, 3.05) is 31.1 Å². The normalized spacial score (nSPS) is 11.6. The molecule has 0 saturated carbocycles. The molecule has 4 nitrogen and oxygen atoms in total. The standard InChI is InChI=1S/C21H21N3O/c22-10-11-23-12-13-24(14-25)19-9-7-17-5-4-15-2-1-3-16-6-8-18(19)21(17)20(15)16/h1-9,14,23H,10-13,22H2. The second kappa shape index (κ2) is 6.67. The van der Waals surface area contributed by atoms with Crippen LogP contribution in [0.1, 0.15) is 0 Å². The topological polar surface area (TPSA) is 58.4 Å². The number of carbonyl (C=O) groups excluding carboxylic acids is 1. The number of hydrogen-bond acceptors (Lipinski definition) is 3. The van der Waals surface area contributed by atoms with E-state index in [4.69, 9.17) is 5.73 Å². The highest BCUT2D eigenvalue weighted by molar-refractivity contribution is 6.25. The molecule has 0 aliphatic heterocycles. The van der Waals surface area contributed by atoms with Crippen LogP contribution in [0.15, 0.2) is 54.6 Å². The van der Waals surface area contributed by atoms with Crippen LogP contribution >= 0.6 is 0 Å². The van der Waals surface area contributed by atoms with Crippen molar-refractivity contribution in [1.82, 2.24) is 5.32 Å². The van der Waals surface area contributed by atoms with E-state index in [1.165, 1.54) is 26.9 Å². The molecular formula is C21H21N3O. The maximum Gasteiger partial charge on any atom is 0.214 e. The summed E-state index contributed by atoms with van der Waals surface area (Å²) >= 11 is 0. The molecule has 0 fully saturated rings. The summed E-state index contributed by atoms with van der Waals surface area (Å²) in [5, 5.41) is 10.5. The first kappa shape index (κ1) is 15.8. The van der Waals surface area contributed by atoms with Gasteiger partial charge in [0, 0.05) is 31.6 Å². The quantitative estimate of drug-likeness (QED) is 0.311. The van der Waals surface area contributed by atoms with Crippen molar-refractivity contribution in [1.29, 1.82) is 0 Å². The van der Waals surface area contributed by atoms with Gasteiger partial charge >= 0.3 is 0 Å². The predicted octanol–water partition coefficient (Wildman–Crippen LogP) is 3.10. The van der Waals surface area contributed by atoms with E-state index in [2.05, 4.69) is 53.8 Å². The highest BCUT2D eigenvalue weighted by atomic mass is 16.1. The summed E-state index contributed by atoms with van der Waals surface area (Å²) in [6.45, 7) is 2.69. The zero-order valence-electron chi connectivity index (χ0n) is 14.0. The average molecular weight is 331 g/mol. The van der Waals surface area contributed by atoms with Crippen molar-refractivity contribution in [2.45, 2.75) is 0 Å². The smallest absolute Gasteiger partial charge is 0.214 e. The third-order valence-electron chi connectivity index (χ3n) is 4.79. The summed E-state index contributed by atoms with van der Waals surface area (Å²) in [4.78, 5) is 13.5. The molecule has 4 aromatic rings. The Kier molecular flexibility index (Phi) is 4.22. The van der Waals surface area contributed by atoms with Crippen molar-refractivity contribution in [3.05, 3.63) is 54.6 Å². The molecule has 4 rings (SSSR count). The maximum atomic E-state index is 11.7. The molecule has 0 unspecified atom stereocenters. The van der Waals surface area contributed by atoms with Gasteiger partial charge in [0.15, 0.2) is 0 Å². The Hall–Kier alpha value is -2.69. The number of carbonyl (C=O) groups is 1. The van der Waals surface area contributed by atoms with Crippen LogP contribution in [0.2, 0.25) is 0 Å². The second-order valence-corrected chi connectivity index (χ2v) is 6.28. The molecule has 0 bridgehead atoms. The Labute approximate surface area is 146 Å². The first-order valence-electron chi connectivity index (χ1n) is 8.63. The highest BCUT2D eigenvalue weighted by Crippen LogP contribution is 2.38. The fourth-order valence-corrected chi connectivity index (χ4v) is 3.63. The number of hydrogen-bond donors (Lipinski definition) is 2. The molecule has 0 heterocycles. The van der Waals surface area contributed by atoms with E-state index >= 15 is 0 Å². The van der Waals surface area contributed by atoms with Crippen molar-refractivity contribution in [3.63, 3.8) is 0 Å². The lowest BCUT2D eigenvalue weighted by atomic mass is 9.93. The molecule has 4 aromatic carbocycles. The Morgan fingerprint density at radius 3 is 2.28 bits per heavy atom. The van der Waals surface area contributed by atoms with Crippen LogP contribution in [0.25, 0.3) is 32.3 Å². The minimum Gasteiger partial charge on any atom is -0.329 e. The lowest BCUT2D eigenvalue weighted by Gasteiger charge is -2.21. The summed E-state index contributed by atoms with van der Waals surface area (Å²) < 4.78 is 0. The summed E-state index contributed by atoms with van der Waals surface area (Å²) in [5.74, 6) is 0. The number of anilines is 1. The molecule has 1 amide bonds. The third-order valence-corrected chi connectivity index (χ3v) is 4.79. The summed E-state index contributed by atoms with van der Waals surface area (Å²) in [7, 11) is 0. The molecule has 0 spiro atoms. The number of amides is 1. The molecular weight excluding hydrogens is 310 g/mol. The van der Waals surface area contributed by atoms with Crippen LogP contribution < -0.4 is 16.0 Å². The van der Waals surface area contributed by atoms with Crippen LogP contribution in [-0.4, -0.2) is 32.6 Å². The van der Waals surface area contributed by atoms with Gasteiger partial charge in [-0.15, -0.1) is 0 Å². The van der Waals surface area contributed by atoms with E-state index in [0.717, 1.165) is 30.6 Å². The summed E-state index contributed by atoms with van der Waals surface area (Å²) in [5.41, 5.74) is 6.46. The van der Waals surface area contributed by atoms with Gasteiger partial charge in [-0.25, -0.2) is 0 Å². The van der Waals surface area contributed by atoms with E-state index in [1.807, 2.05) is 6.07 Å². The van der Waals surface area contributed by atoms with E-state index in [1.54, 1.807) is 4.90 Å². The van der Waals surface area contributed by atoms with Crippen LogP contribution in [-0.2, 0) is 4.79 Å². The predicted molar refractivity (Wildman–Crippen MR) is 105 cm³/mol. The van der Waals surface area contributed by atoms with Gasteiger partial charge in [-0.1, -0.05) is 48.5 Å². The molecule has 3 N–H and O–H groups in total. The zero-order valence-corrected chi connectivity index (χ0v) is 14.0. The minimum absolute atomic E-state index is 0.597. The second-order valence-electron chi connectivity index (χ2n) is 6.28. The van der Waals surface area contributed by atoms with Crippen LogP contribution in [0.5, 0.6) is 0 Å². The molecule has 0 aliphatic rings. The molecule has 4 heteroatoms. The van der Waals surface area contributed by atoms with Gasteiger partial charge in [0.2, 0.25) is 6.41 Å². The zero-order chi connectivity index (χ0) is 17.2. The van der Waals surface area contributed by atoms with Crippen LogP contribution in [0, 0.1) is 0 Å². The van der Waals surface area contributed by atoms with E-state index in [-0.39, 0.29) is 0 Å². The Morgan fingerprint density at radius 1 is 0.880 bits per heavy atom. The molecule has 0 atom stereocenters. The maximum absolute atomic E-state index is 11.7. The fraction of sp³-hybridized carbons (Fsp3) is 0.190. The van der Waals surface area contributed by atoms with Gasteiger partial charge in [-0.2, -0.15) is 0 Å². The van der Waals surface area contributed by atoms with E-state index < -0.39 is 0 Å². The molecule has 25 heavy (non-hydrogen) atoms. The first-order valence-corrected chi connectivity index (χ1v) is 8.63. The first-order chi connectivity index (χ1) is 12.3. The Balaban J connectivity index is 1.85. The van der Waals surface area contributed by atoms with E-state index in [0.29, 0.717) is 13.1 Å². The van der Waals surface area contributed by atoms with Gasteiger partial charge in [-0.3, -0.25) is 4.79 Å². The van der Waals surface area contributed by atoms with Gasteiger partial charge in [0.25, 0.3) is 0 Å². The monoisotopic (exact) mass is 331 g/mol. The third kappa shape index (κ3) is 2.69. The molecule has 0 aliphatic carbocycles. The van der Waals surface area contributed by atoms with Crippen molar-refractivity contribution >= 4 is 44.4 Å². The number of nitrogens with one attached hydrogen (secondary N) is 1.